The molecule has 2 aromatic heterocycles. The van der Waals surface area contributed by atoms with Crippen molar-refractivity contribution >= 4 is 16.9 Å². The molecule has 1 fully saturated rings. The summed E-state index contributed by atoms with van der Waals surface area (Å²) in [7, 11) is 0. The molecule has 1 amide bonds. The van der Waals surface area contributed by atoms with Crippen molar-refractivity contribution in [1.82, 2.24) is 19.7 Å². The highest BCUT2D eigenvalue weighted by atomic mass is 16.2. The molecule has 0 aliphatic heterocycles. The van der Waals surface area contributed by atoms with Gasteiger partial charge in [0.15, 0.2) is 5.65 Å². The SMILES string of the molecule is CC(C)c1cc(C(=O)N(C(C)C)C2CC2)c2cnn(C(C)C)c2n1. The van der Waals surface area contributed by atoms with Gasteiger partial charge in [-0.3, -0.25) is 4.79 Å². The minimum absolute atomic E-state index is 0.116. The Morgan fingerprint density at radius 1 is 1.21 bits per heavy atom. The Morgan fingerprint density at radius 3 is 2.38 bits per heavy atom. The molecule has 1 saturated carbocycles. The van der Waals surface area contributed by atoms with E-state index in [1.54, 1.807) is 6.20 Å². The smallest absolute Gasteiger partial charge is 0.255 e. The second-order valence-corrected chi connectivity index (χ2v) is 7.71. The van der Waals surface area contributed by atoms with E-state index in [1.807, 2.05) is 15.6 Å². The third-order valence-electron chi connectivity index (χ3n) is 4.63. The fourth-order valence-corrected chi connectivity index (χ4v) is 3.20. The van der Waals surface area contributed by atoms with E-state index in [1.165, 1.54) is 0 Å². The topological polar surface area (TPSA) is 51.0 Å². The van der Waals surface area contributed by atoms with Crippen LogP contribution in [0.15, 0.2) is 12.3 Å². The molecule has 0 saturated heterocycles. The molecule has 1 aliphatic carbocycles. The van der Waals surface area contributed by atoms with Crippen molar-refractivity contribution in [3.63, 3.8) is 0 Å². The largest absolute Gasteiger partial charge is 0.333 e. The molecule has 24 heavy (non-hydrogen) atoms. The van der Waals surface area contributed by atoms with Crippen LogP contribution in [0.25, 0.3) is 11.0 Å². The lowest BCUT2D eigenvalue weighted by atomic mass is 10.0. The van der Waals surface area contributed by atoms with E-state index in [2.05, 4.69) is 46.6 Å². The summed E-state index contributed by atoms with van der Waals surface area (Å²) in [6.07, 6.45) is 4.02. The first-order chi connectivity index (χ1) is 11.3. The quantitative estimate of drug-likeness (QED) is 0.828. The number of aromatic nitrogens is 3. The maximum absolute atomic E-state index is 13.3. The molecule has 0 radical (unpaired) electrons. The third kappa shape index (κ3) is 2.92. The van der Waals surface area contributed by atoms with Gasteiger partial charge in [-0.05, 0) is 52.5 Å². The van der Waals surface area contributed by atoms with Gasteiger partial charge in [-0.15, -0.1) is 0 Å². The zero-order valence-corrected chi connectivity index (χ0v) is 15.6. The van der Waals surface area contributed by atoms with Crippen molar-refractivity contribution in [3.8, 4) is 0 Å². The molecule has 2 aromatic rings. The van der Waals surface area contributed by atoms with Crippen LogP contribution in [-0.4, -0.2) is 37.7 Å². The Morgan fingerprint density at radius 2 is 1.88 bits per heavy atom. The number of carbonyl (C=O) groups is 1. The van der Waals surface area contributed by atoms with Crippen LogP contribution < -0.4 is 0 Å². The van der Waals surface area contributed by atoms with E-state index in [0.29, 0.717) is 6.04 Å². The molecule has 0 spiro atoms. The van der Waals surface area contributed by atoms with Crippen molar-refractivity contribution in [2.45, 2.75) is 78.4 Å². The Balaban J connectivity index is 2.17. The standard InChI is InChI=1S/C19H28N4O/c1-11(2)17-9-15(19(24)22(12(3)4)14-7-8-14)16-10-20-23(13(5)6)18(16)21-17/h9-14H,7-8H2,1-6H3. The fraction of sp³-hybridized carbons (Fsp3) is 0.632. The summed E-state index contributed by atoms with van der Waals surface area (Å²) in [6.45, 7) is 12.6. The Labute approximate surface area is 144 Å². The number of carbonyl (C=O) groups excluding carboxylic acids is 1. The van der Waals surface area contributed by atoms with Crippen LogP contribution in [0.2, 0.25) is 0 Å². The number of hydrogen-bond acceptors (Lipinski definition) is 3. The summed E-state index contributed by atoms with van der Waals surface area (Å²) >= 11 is 0. The van der Waals surface area contributed by atoms with E-state index < -0.39 is 0 Å². The third-order valence-corrected chi connectivity index (χ3v) is 4.63. The normalized spacial score (nSPS) is 15.0. The second-order valence-electron chi connectivity index (χ2n) is 7.71. The molecule has 0 atom stereocenters. The van der Waals surface area contributed by atoms with E-state index in [-0.39, 0.29) is 23.9 Å². The average molecular weight is 328 g/mol. The minimum atomic E-state index is 0.116. The molecule has 0 N–H and O–H groups in total. The first kappa shape index (κ1) is 16.9. The van der Waals surface area contributed by atoms with Crippen molar-refractivity contribution in [2.75, 3.05) is 0 Å². The lowest BCUT2D eigenvalue weighted by Crippen LogP contribution is -2.39. The lowest BCUT2D eigenvalue weighted by molar-refractivity contribution is 0.0692. The number of amides is 1. The molecular formula is C19H28N4O. The molecule has 1 aliphatic rings. The number of hydrogen-bond donors (Lipinski definition) is 0. The highest BCUT2D eigenvalue weighted by molar-refractivity contribution is 6.05. The van der Waals surface area contributed by atoms with E-state index in [9.17, 15) is 4.79 Å². The predicted octanol–water partition coefficient (Wildman–Crippen LogP) is 4.15. The summed E-state index contributed by atoms with van der Waals surface area (Å²) in [5, 5.41) is 5.35. The number of nitrogens with zero attached hydrogens (tertiary/aromatic N) is 4. The van der Waals surface area contributed by atoms with Gasteiger partial charge in [-0.1, -0.05) is 13.8 Å². The summed E-state index contributed by atoms with van der Waals surface area (Å²) < 4.78 is 1.91. The van der Waals surface area contributed by atoms with Gasteiger partial charge in [0.25, 0.3) is 5.91 Å². The van der Waals surface area contributed by atoms with E-state index >= 15 is 0 Å². The van der Waals surface area contributed by atoms with Gasteiger partial charge in [0.05, 0.1) is 17.1 Å². The van der Waals surface area contributed by atoms with E-state index in [4.69, 9.17) is 4.98 Å². The van der Waals surface area contributed by atoms with Crippen LogP contribution in [0.5, 0.6) is 0 Å². The van der Waals surface area contributed by atoms with Crippen LogP contribution in [-0.2, 0) is 0 Å². The van der Waals surface area contributed by atoms with Crippen LogP contribution in [0.3, 0.4) is 0 Å². The van der Waals surface area contributed by atoms with Crippen LogP contribution in [0, 0.1) is 0 Å². The van der Waals surface area contributed by atoms with Crippen LogP contribution >= 0.6 is 0 Å². The van der Waals surface area contributed by atoms with Gasteiger partial charge in [0, 0.05) is 23.8 Å². The number of rotatable bonds is 5. The summed E-state index contributed by atoms with van der Waals surface area (Å²) in [6, 6.07) is 2.78. The second kappa shape index (κ2) is 6.19. The highest BCUT2D eigenvalue weighted by Gasteiger charge is 2.35. The van der Waals surface area contributed by atoms with Crippen molar-refractivity contribution < 1.29 is 4.79 Å². The number of pyridine rings is 1. The van der Waals surface area contributed by atoms with Gasteiger partial charge in [-0.2, -0.15) is 5.10 Å². The van der Waals surface area contributed by atoms with Crippen molar-refractivity contribution in [3.05, 3.63) is 23.5 Å². The van der Waals surface area contributed by atoms with Gasteiger partial charge in [0.1, 0.15) is 0 Å². The summed E-state index contributed by atoms with van der Waals surface area (Å²) in [5.41, 5.74) is 2.52. The minimum Gasteiger partial charge on any atom is -0.333 e. The summed E-state index contributed by atoms with van der Waals surface area (Å²) in [5.74, 6) is 0.384. The van der Waals surface area contributed by atoms with E-state index in [0.717, 1.165) is 35.1 Å². The van der Waals surface area contributed by atoms with Gasteiger partial charge < -0.3 is 4.90 Å². The Hall–Kier alpha value is -1.91. The first-order valence-electron chi connectivity index (χ1n) is 9.02. The molecule has 5 heteroatoms. The van der Waals surface area contributed by atoms with Crippen LogP contribution in [0.1, 0.15) is 82.4 Å². The fourth-order valence-electron chi connectivity index (χ4n) is 3.20. The molecule has 2 heterocycles. The van der Waals surface area contributed by atoms with Crippen molar-refractivity contribution in [2.24, 2.45) is 0 Å². The summed E-state index contributed by atoms with van der Waals surface area (Å²) in [4.78, 5) is 20.1. The highest BCUT2D eigenvalue weighted by Crippen LogP contribution is 2.32. The Kier molecular flexibility index (Phi) is 4.37. The lowest BCUT2D eigenvalue weighted by Gasteiger charge is -2.27. The molecule has 0 unspecified atom stereocenters. The molecule has 0 bridgehead atoms. The maximum atomic E-state index is 13.3. The average Bonchev–Trinajstić information content (AvgIpc) is 3.22. The Bertz CT molecular complexity index is 754. The molecule has 0 aromatic carbocycles. The van der Waals surface area contributed by atoms with Crippen molar-refractivity contribution in [1.29, 1.82) is 0 Å². The first-order valence-corrected chi connectivity index (χ1v) is 9.02. The number of fused-ring (bicyclic) bond motifs is 1. The predicted molar refractivity (Wildman–Crippen MR) is 96.3 cm³/mol. The van der Waals surface area contributed by atoms with Gasteiger partial charge in [0.2, 0.25) is 0 Å². The zero-order valence-electron chi connectivity index (χ0n) is 15.6. The van der Waals surface area contributed by atoms with Crippen LogP contribution in [0.4, 0.5) is 0 Å². The maximum Gasteiger partial charge on any atom is 0.255 e. The zero-order chi connectivity index (χ0) is 17.6. The molecular weight excluding hydrogens is 300 g/mol. The van der Waals surface area contributed by atoms with Gasteiger partial charge in [-0.25, -0.2) is 9.67 Å². The molecule has 130 valence electrons. The monoisotopic (exact) mass is 328 g/mol. The molecule has 3 rings (SSSR count). The van der Waals surface area contributed by atoms with Gasteiger partial charge >= 0.3 is 0 Å². The molecule has 5 nitrogen and oxygen atoms in total.